The second kappa shape index (κ2) is 12.7. The summed E-state index contributed by atoms with van der Waals surface area (Å²) in [6, 6.07) is 68.8. The van der Waals surface area contributed by atoms with E-state index in [1.165, 1.54) is 16.7 Å². The lowest BCUT2D eigenvalue weighted by atomic mass is 9.94. The first-order chi connectivity index (χ1) is 27.2. The first-order valence-electron chi connectivity index (χ1n) is 18.7. The molecule has 1 aliphatic heterocycles. The number of hydrogen-bond donors (Lipinski definition) is 1. The van der Waals surface area contributed by atoms with Gasteiger partial charge in [0.15, 0.2) is 12.0 Å². The highest BCUT2D eigenvalue weighted by molar-refractivity contribution is 6.14. The van der Waals surface area contributed by atoms with Crippen LogP contribution in [0.15, 0.2) is 199 Å². The number of rotatable bonds is 6. The van der Waals surface area contributed by atoms with Crippen molar-refractivity contribution in [3.63, 3.8) is 0 Å². The Morgan fingerprint density at radius 2 is 1.05 bits per heavy atom. The predicted molar refractivity (Wildman–Crippen MR) is 228 cm³/mol. The molecule has 0 aliphatic carbocycles. The Morgan fingerprint density at radius 1 is 0.436 bits per heavy atom. The van der Waals surface area contributed by atoms with Gasteiger partial charge in [-0.05, 0) is 93.0 Å². The van der Waals surface area contributed by atoms with Crippen LogP contribution >= 0.6 is 0 Å². The zero-order chi connectivity index (χ0) is 36.3. The fourth-order valence-corrected chi connectivity index (χ4v) is 8.26. The molecule has 1 aromatic heterocycles. The van der Waals surface area contributed by atoms with Crippen LogP contribution in [0, 0.1) is 0 Å². The Labute approximate surface area is 318 Å². The highest BCUT2D eigenvalue weighted by Gasteiger charge is 2.26. The van der Waals surface area contributed by atoms with Crippen molar-refractivity contribution >= 4 is 66.2 Å². The minimum atomic E-state index is -0.255. The number of hydrogen-bond acceptors (Lipinski definition) is 4. The van der Waals surface area contributed by atoms with Crippen LogP contribution in [0.2, 0.25) is 0 Å². The minimum Gasteiger partial charge on any atom is -0.464 e. The van der Waals surface area contributed by atoms with Gasteiger partial charge in [-0.2, -0.15) is 0 Å². The summed E-state index contributed by atoms with van der Waals surface area (Å²) in [5, 5.41) is 10.3. The van der Waals surface area contributed by atoms with Crippen molar-refractivity contribution in [2.75, 3.05) is 10.2 Å². The fourth-order valence-electron chi connectivity index (χ4n) is 8.26. The zero-order valence-electron chi connectivity index (χ0n) is 29.8. The quantitative estimate of drug-likeness (QED) is 0.175. The van der Waals surface area contributed by atoms with Crippen molar-refractivity contribution in [2.45, 2.75) is 6.23 Å². The number of benzene rings is 9. The van der Waals surface area contributed by atoms with Crippen LogP contribution in [0.25, 0.3) is 65.7 Å². The molecule has 2 heterocycles. The van der Waals surface area contributed by atoms with Gasteiger partial charge >= 0.3 is 0 Å². The van der Waals surface area contributed by atoms with Gasteiger partial charge < -0.3 is 19.4 Å². The molecule has 1 unspecified atom stereocenters. The molecule has 0 saturated heterocycles. The number of anilines is 4. The number of nitrogens with zero attached hydrogens (tertiary/aromatic N) is 1. The van der Waals surface area contributed by atoms with Gasteiger partial charge in [0.25, 0.3) is 0 Å². The van der Waals surface area contributed by atoms with Crippen molar-refractivity contribution in [3.8, 4) is 28.0 Å². The molecule has 0 spiro atoms. The SMILES string of the molecule is c1ccc(-c2ccccc2-c2cccc(N(c3ccc4oc5ccccc5c4c3)c3ccc4ccc5ccc6c(c5c4c3)OC(c3ccccc3)N6)c2)cc1. The Bertz CT molecular complexity index is 3060. The van der Waals surface area contributed by atoms with E-state index in [2.05, 4.69) is 186 Å². The Morgan fingerprint density at radius 3 is 1.91 bits per heavy atom. The number of nitrogens with one attached hydrogen (secondary N) is 1. The van der Waals surface area contributed by atoms with Gasteiger partial charge in [-0.25, -0.2) is 0 Å². The maximum Gasteiger partial charge on any atom is 0.196 e. The van der Waals surface area contributed by atoms with Gasteiger partial charge in [0, 0.05) is 38.8 Å². The van der Waals surface area contributed by atoms with Gasteiger partial charge in [0.2, 0.25) is 0 Å². The number of furan rings is 1. The van der Waals surface area contributed by atoms with E-state index in [1.54, 1.807) is 0 Å². The Hall–Kier alpha value is -7.30. The summed E-state index contributed by atoms with van der Waals surface area (Å²) in [5.41, 5.74) is 11.7. The van der Waals surface area contributed by atoms with Crippen molar-refractivity contribution in [1.29, 1.82) is 0 Å². The summed E-state index contributed by atoms with van der Waals surface area (Å²) >= 11 is 0. The van der Waals surface area contributed by atoms with Crippen molar-refractivity contribution in [2.24, 2.45) is 0 Å². The highest BCUT2D eigenvalue weighted by Crippen LogP contribution is 2.48. The fraction of sp³-hybridized carbons (Fsp3) is 0.0196. The minimum absolute atomic E-state index is 0.255. The van der Waals surface area contributed by atoms with E-state index in [9.17, 15) is 0 Å². The van der Waals surface area contributed by atoms with Crippen LogP contribution < -0.4 is 15.0 Å². The van der Waals surface area contributed by atoms with Crippen molar-refractivity contribution < 1.29 is 9.15 Å². The first-order valence-corrected chi connectivity index (χ1v) is 18.7. The van der Waals surface area contributed by atoms with Crippen molar-refractivity contribution in [3.05, 3.63) is 200 Å². The summed E-state index contributed by atoms with van der Waals surface area (Å²) in [7, 11) is 0. The molecule has 260 valence electrons. The normalized spacial score (nSPS) is 13.6. The number of para-hydroxylation sites is 1. The van der Waals surface area contributed by atoms with E-state index < -0.39 is 0 Å². The van der Waals surface area contributed by atoms with E-state index in [0.717, 1.165) is 83.1 Å². The van der Waals surface area contributed by atoms with Crippen LogP contribution in [-0.4, -0.2) is 0 Å². The van der Waals surface area contributed by atoms with Gasteiger partial charge in [0.1, 0.15) is 11.2 Å². The van der Waals surface area contributed by atoms with E-state index >= 15 is 0 Å². The third kappa shape index (κ3) is 5.30. The van der Waals surface area contributed by atoms with Gasteiger partial charge in [-0.15, -0.1) is 0 Å². The molecule has 1 atom stereocenters. The molecule has 0 fully saturated rings. The van der Waals surface area contributed by atoms with Crippen LogP contribution in [0.1, 0.15) is 11.8 Å². The summed E-state index contributed by atoms with van der Waals surface area (Å²) < 4.78 is 13.0. The van der Waals surface area contributed by atoms with Crippen LogP contribution in [0.3, 0.4) is 0 Å². The largest absolute Gasteiger partial charge is 0.464 e. The Balaban J connectivity index is 1.11. The Kier molecular flexibility index (Phi) is 7.20. The van der Waals surface area contributed by atoms with Gasteiger partial charge in [0.05, 0.1) is 5.69 Å². The lowest BCUT2D eigenvalue weighted by Gasteiger charge is -2.27. The molecule has 9 aromatic carbocycles. The summed E-state index contributed by atoms with van der Waals surface area (Å²) in [6.45, 7) is 0. The van der Waals surface area contributed by atoms with Crippen LogP contribution in [-0.2, 0) is 0 Å². The molecule has 0 radical (unpaired) electrons. The lowest BCUT2D eigenvalue weighted by molar-refractivity contribution is 0.263. The third-order valence-electron chi connectivity index (χ3n) is 10.9. The van der Waals surface area contributed by atoms with Gasteiger partial charge in [-0.3, -0.25) is 0 Å². The molecule has 11 rings (SSSR count). The summed E-state index contributed by atoms with van der Waals surface area (Å²) in [5.74, 6) is 0.881. The molecule has 0 bridgehead atoms. The van der Waals surface area contributed by atoms with Crippen molar-refractivity contribution in [1.82, 2.24) is 0 Å². The number of ether oxygens (including phenoxy) is 1. The van der Waals surface area contributed by atoms with E-state index in [1.807, 2.05) is 18.2 Å². The molecule has 55 heavy (non-hydrogen) atoms. The van der Waals surface area contributed by atoms with Gasteiger partial charge in [-0.1, -0.05) is 140 Å². The van der Waals surface area contributed by atoms with E-state index in [-0.39, 0.29) is 6.23 Å². The average Bonchev–Trinajstić information content (AvgIpc) is 3.86. The molecule has 0 saturated carbocycles. The predicted octanol–water partition coefficient (Wildman–Crippen LogP) is 14.2. The van der Waals surface area contributed by atoms with Crippen LogP contribution in [0.4, 0.5) is 22.7 Å². The number of fused-ring (bicyclic) bond motifs is 8. The zero-order valence-corrected chi connectivity index (χ0v) is 29.8. The smallest absolute Gasteiger partial charge is 0.196 e. The maximum atomic E-state index is 6.74. The van der Waals surface area contributed by atoms with E-state index in [0.29, 0.717) is 0 Å². The molecule has 4 nitrogen and oxygen atoms in total. The molecular formula is C51H34N2O2. The first kappa shape index (κ1) is 31.2. The van der Waals surface area contributed by atoms with Crippen LogP contribution in [0.5, 0.6) is 5.75 Å². The molecular weight excluding hydrogens is 673 g/mol. The van der Waals surface area contributed by atoms with E-state index in [4.69, 9.17) is 9.15 Å². The standard InChI is InChI=1S/C51H34N2O2/c1-3-12-33(13-4-1)41-18-7-8-19-42(41)37-16-11-17-38(30-37)53(40-27-29-48-45(32-40)43-20-9-10-21-47(43)54-48)39-26-24-34-22-23-35-25-28-46-50(49(35)44(34)31-39)55-51(52-46)36-14-5-2-6-15-36/h1-32,51-52H. The summed E-state index contributed by atoms with van der Waals surface area (Å²) in [6.07, 6.45) is -0.255. The second-order valence-corrected chi connectivity index (χ2v) is 14.1. The summed E-state index contributed by atoms with van der Waals surface area (Å²) in [4.78, 5) is 2.36. The molecule has 1 N–H and O–H groups in total. The highest BCUT2D eigenvalue weighted by atomic mass is 16.5. The molecule has 10 aromatic rings. The second-order valence-electron chi connectivity index (χ2n) is 14.1. The molecule has 4 heteroatoms. The monoisotopic (exact) mass is 706 g/mol. The topological polar surface area (TPSA) is 37.6 Å². The lowest BCUT2D eigenvalue weighted by Crippen LogP contribution is -2.10. The third-order valence-corrected chi connectivity index (χ3v) is 10.9. The molecule has 1 aliphatic rings. The average molecular weight is 707 g/mol. The maximum absolute atomic E-state index is 6.74. The molecule has 0 amide bonds.